The van der Waals surface area contributed by atoms with Crippen molar-refractivity contribution in [3.05, 3.63) is 48.3 Å². The quantitative estimate of drug-likeness (QED) is 0.780. The zero-order chi connectivity index (χ0) is 20.1. The maximum Gasteiger partial charge on any atom is 0.225 e. The summed E-state index contributed by atoms with van der Waals surface area (Å²) in [6, 6.07) is 10.2. The highest BCUT2D eigenvalue weighted by Crippen LogP contribution is 2.25. The van der Waals surface area contributed by atoms with Crippen LogP contribution in [0.4, 0.5) is 11.6 Å². The van der Waals surface area contributed by atoms with Crippen LogP contribution in [0.25, 0.3) is 0 Å². The molecule has 0 unspecified atom stereocenters. The van der Waals surface area contributed by atoms with Crippen LogP contribution < -0.4 is 9.80 Å². The maximum atomic E-state index is 12.8. The van der Waals surface area contributed by atoms with Gasteiger partial charge in [0.15, 0.2) is 0 Å². The van der Waals surface area contributed by atoms with Crippen molar-refractivity contribution in [2.24, 2.45) is 5.92 Å². The first kappa shape index (κ1) is 19.7. The number of carbonyl (C=O) groups is 1. The number of piperidine rings is 2. The molecule has 2 saturated heterocycles. The number of hydrogen-bond donors (Lipinski definition) is 0. The van der Waals surface area contributed by atoms with Crippen molar-refractivity contribution in [1.29, 1.82) is 0 Å². The molecule has 29 heavy (non-hydrogen) atoms. The second-order valence-corrected chi connectivity index (χ2v) is 8.23. The summed E-state index contributed by atoms with van der Waals surface area (Å²) >= 11 is 0. The van der Waals surface area contributed by atoms with Crippen molar-refractivity contribution in [3.8, 4) is 0 Å². The SMILES string of the molecule is CN(Cc1ccccc1)C(=O)C1CCN(c2cnc(N3CCCCC3)nc2)CC1. The Kier molecular flexibility index (Phi) is 6.27. The molecule has 4 rings (SSSR count). The van der Waals surface area contributed by atoms with E-state index in [1.807, 2.05) is 42.5 Å². The molecule has 3 heterocycles. The third-order valence-electron chi connectivity index (χ3n) is 6.11. The number of carbonyl (C=O) groups excluding carboxylic acids is 1. The van der Waals surface area contributed by atoms with Crippen LogP contribution in [0.1, 0.15) is 37.7 Å². The van der Waals surface area contributed by atoms with Crippen molar-refractivity contribution >= 4 is 17.5 Å². The minimum Gasteiger partial charge on any atom is -0.369 e. The largest absolute Gasteiger partial charge is 0.369 e. The summed E-state index contributed by atoms with van der Waals surface area (Å²) < 4.78 is 0. The predicted octanol–water partition coefficient (Wildman–Crippen LogP) is 3.34. The fourth-order valence-corrected chi connectivity index (χ4v) is 4.37. The minimum atomic E-state index is 0.105. The van der Waals surface area contributed by atoms with Gasteiger partial charge in [0.05, 0.1) is 18.1 Å². The standard InChI is InChI=1S/C23H31N5O/c1-26(18-19-8-4-2-5-9-19)22(29)20-10-14-27(15-11-20)21-16-24-23(25-17-21)28-12-6-3-7-13-28/h2,4-5,8-9,16-17,20H,3,6-7,10-15,18H2,1H3. The monoisotopic (exact) mass is 393 g/mol. The van der Waals surface area contributed by atoms with E-state index < -0.39 is 0 Å². The molecule has 0 spiro atoms. The highest BCUT2D eigenvalue weighted by molar-refractivity contribution is 5.79. The molecule has 0 radical (unpaired) electrons. The van der Waals surface area contributed by atoms with Gasteiger partial charge < -0.3 is 14.7 Å². The van der Waals surface area contributed by atoms with Crippen molar-refractivity contribution in [1.82, 2.24) is 14.9 Å². The Morgan fingerprint density at radius 2 is 1.62 bits per heavy atom. The van der Waals surface area contributed by atoms with Crippen LogP contribution in [-0.2, 0) is 11.3 Å². The molecule has 0 atom stereocenters. The minimum absolute atomic E-state index is 0.105. The molecule has 0 N–H and O–H groups in total. The molecular weight excluding hydrogens is 362 g/mol. The van der Waals surface area contributed by atoms with Gasteiger partial charge in [-0.05, 0) is 37.7 Å². The topological polar surface area (TPSA) is 52.6 Å². The summed E-state index contributed by atoms with van der Waals surface area (Å²) in [6.07, 6.45) is 9.42. The molecule has 0 aliphatic carbocycles. The Morgan fingerprint density at radius 3 is 2.28 bits per heavy atom. The van der Waals surface area contributed by atoms with Gasteiger partial charge in [0, 0.05) is 45.7 Å². The molecule has 0 bridgehead atoms. The second kappa shape index (κ2) is 9.25. The first-order valence-corrected chi connectivity index (χ1v) is 10.8. The maximum absolute atomic E-state index is 12.8. The van der Waals surface area contributed by atoms with Gasteiger partial charge >= 0.3 is 0 Å². The number of hydrogen-bond acceptors (Lipinski definition) is 5. The van der Waals surface area contributed by atoms with Crippen LogP contribution >= 0.6 is 0 Å². The molecule has 0 saturated carbocycles. The highest BCUT2D eigenvalue weighted by Gasteiger charge is 2.27. The van der Waals surface area contributed by atoms with Crippen molar-refractivity contribution < 1.29 is 4.79 Å². The lowest BCUT2D eigenvalue weighted by Gasteiger charge is -2.34. The van der Waals surface area contributed by atoms with Crippen LogP contribution in [-0.4, -0.2) is 54.0 Å². The summed E-state index contributed by atoms with van der Waals surface area (Å²) in [7, 11) is 1.91. The molecule has 2 aromatic rings. The molecule has 2 aliphatic rings. The van der Waals surface area contributed by atoms with Crippen molar-refractivity contribution in [2.45, 2.75) is 38.6 Å². The van der Waals surface area contributed by atoms with Crippen LogP contribution in [0.15, 0.2) is 42.7 Å². The molecule has 6 heteroatoms. The predicted molar refractivity (Wildman–Crippen MR) is 116 cm³/mol. The zero-order valence-corrected chi connectivity index (χ0v) is 17.3. The van der Waals surface area contributed by atoms with E-state index >= 15 is 0 Å². The van der Waals surface area contributed by atoms with Gasteiger partial charge in [-0.15, -0.1) is 0 Å². The fraction of sp³-hybridized carbons (Fsp3) is 0.522. The fourth-order valence-electron chi connectivity index (χ4n) is 4.37. The van der Waals surface area contributed by atoms with E-state index in [1.165, 1.54) is 24.8 Å². The van der Waals surface area contributed by atoms with E-state index in [4.69, 9.17) is 0 Å². The lowest BCUT2D eigenvalue weighted by Crippen LogP contribution is -2.41. The lowest BCUT2D eigenvalue weighted by molar-refractivity contribution is -0.135. The number of rotatable bonds is 5. The molecule has 2 aliphatic heterocycles. The van der Waals surface area contributed by atoms with E-state index in [1.54, 1.807) is 0 Å². The smallest absolute Gasteiger partial charge is 0.225 e. The molecule has 2 fully saturated rings. The van der Waals surface area contributed by atoms with Crippen LogP contribution in [0.5, 0.6) is 0 Å². The van der Waals surface area contributed by atoms with E-state index in [-0.39, 0.29) is 11.8 Å². The van der Waals surface area contributed by atoms with Gasteiger partial charge in [-0.2, -0.15) is 0 Å². The Balaban J connectivity index is 1.29. The Labute approximate surface area is 173 Å². The number of amides is 1. The first-order chi connectivity index (χ1) is 14.2. The van der Waals surface area contributed by atoms with E-state index in [0.29, 0.717) is 6.54 Å². The summed E-state index contributed by atoms with van der Waals surface area (Å²) in [5.41, 5.74) is 2.24. The average molecular weight is 394 g/mol. The average Bonchev–Trinajstić information content (AvgIpc) is 2.80. The van der Waals surface area contributed by atoms with E-state index in [0.717, 1.165) is 50.7 Å². The van der Waals surface area contributed by atoms with Crippen molar-refractivity contribution in [3.63, 3.8) is 0 Å². The summed E-state index contributed by atoms with van der Waals surface area (Å²) in [5.74, 6) is 1.21. The van der Waals surface area contributed by atoms with Gasteiger partial charge in [0.2, 0.25) is 11.9 Å². The van der Waals surface area contributed by atoms with Crippen LogP contribution in [0.2, 0.25) is 0 Å². The van der Waals surface area contributed by atoms with E-state index in [9.17, 15) is 4.79 Å². The van der Waals surface area contributed by atoms with Crippen LogP contribution in [0, 0.1) is 5.92 Å². The zero-order valence-electron chi connectivity index (χ0n) is 17.3. The summed E-state index contributed by atoms with van der Waals surface area (Å²) in [6.45, 7) is 4.54. The van der Waals surface area contributed by atoms with Crippen LogP contribution in [0.3, 0.4) is 0 Å². The number of aromatic nitrogens is 2. The molecule has 1 aromatic heterocycles. The molecule has 154 valence electrons. The highest BCUT2D eigenvalue weighted by atomic mass is 16.2. The van der Waals surface area contributed by atoms with Gasteiger partial charge in [0.25, 0.3) is 0 Å². The van der Waals surface area contributed by atoms with Gasteiger partial charge in [-0.1, -0.05) is 30.3 Å². The summed E-state index contributed by atoms with van der Waals surface area (Å²) in [5, 5.41) is 0. The molecular formula is C23H31N5O. The Hall–Kier alpha value is -2.63. The lowest BCUT2D eigenvalue weighted by atomic mass is 9.95. The second-order valence-electron chi connectivity index (χ2n) is 8.23. The van der Waals surface area contributed by atoms with Crippen molar-refractivity contribution in [2.75, 3.05) is 43.0 Å². The normalized spacial score (nSPS) is 18.0. The third-order valence-corrected chi connectivity index (χ3v) is 6.11. The number of benzene rings is 1. The molecule has 1 aromatic carbocycles. The number of nitrogens with zero attached hydrogens (tertiary/aromatic N) is 5. The van der Waals surface area contributed by atoms with Gasteiger partial charge in [-0.25, -0.2) is 9.97 Å². The Bertz CT molecular complexity index is 781. The van der Waals surface area contributed by atoms with Gasteiger partial charge in [0.1, 0.15) is 0 Å². The summed E-state index contributed by atoms with van der Waals surface area (Å²) in [4.78, 5) is 28.5. The third kappa shape index (κ3) is 4.86. The first-order valence-electron chi connectivity index (χ1n) is 10.8. The van der Waals surface area contributed by atoms with E-state index in [2.05, 4.69) is 31.9 Å². The molecule has 6 nitrogen and oxygen atoms in total. The molecule has 1 amide bonds. The number of anilines is 2. The van der Waals surface area contributed by atoms with Gasteiger partial charge in [-0.3, -0.25) is 4.79 Å². The Morgan fingerprint density at radius 1 is 0.966 bits per heavy atom.